The van der Waals surface area contributed by atoms with Gasteiger partial charge in [-0.1, -0.05) is 30.3 Å². The Hall–Kier alpha value is -1.76. The summed E-state index contributed by atoms with van der Waals surface area (Å²) in [5, 5.41) is 2.69. The summed E-state index contributed by atoms with van der Waals surface area (Å²) >= 11 is 0. The molecule has 0 N–H and O–H groups in total. The second-order valence-electron chi connectivity index (χ2n) is 4.09. The van der Waals surface area contributed by atoms with Gasteiger partial charge in [0.2, 0.25) is 0 Å². The minimum absolute atomic E-state index is 1.30. The van der Waals surface area contributed by atoms with Crippen LogP contribution >= 0.6 is 0 Å². The molecular formula is C14H13N. The predicted molar refractivity (Wildman–Crippen MR) is 64.4 cm³/mol. The maximum absolute atomic E-state index is 2.28. The lowest BCUT2D eigenvalue weighted by molar-refractivity contribution is 1.10. The second-order valence-corrected chi connectivity index (χ2v) is 4.09. The number of aromatic nitrogens is 1. The fourth-order valence-corrected chi connectivity index (χ4v) is 2.26. The van der Waals surface area contributed by atoms with E-state index in [9.17, 15) is 0 Å². The van der Waals surface area contributed by atoms with E-state index in [1.807, 2.05) is 0 Å². The molecule has 1 heteroatoms. The van der Waals surface area contributed by atoms with Crippen LogP contribution in [0.2, 0.25) is 0 Å². The Bertz CT molecular complexity index is 647. The summed E-state index contributed by atoms with van der Waals surface area (Å²) in [5.74, 6) is 0. The molecule has 0 saturated heterocycles. The topological polar surface area (TPSA) is 4.41 Å². The number of rotatable bonds is 0. The second kappa shape index (κ2) is 2.86. The van der Waals surface area contributed by atoms with Crippen molar-refractivity contribution >= 4 is 16.3 Å². The van der Waals surface area contributed by atoms with Crippen molar-refractivity contribution in [1.29, 1.82) is 0 Å². The van der Waals surface area contributed by atoms with E-state index in [0.29, 0.717) is 0 Å². The molecule has 0 aliphatic rings. The molecule has 74 valence electrons. The first-order chi connectivity index (χ1) is 7.27. The fourth-order valence-electron chi connectivity index (χ4n) is 2.26. The highest BCUT2D eigenvalue weighted by Gasteiger charge is 2.06. The van der Waals surface area contributed by atoms with Gasteiger partial charge in [0, 0.05) is 22.7 Å². The Morgan fingerprint density at radius 2 is 1.60 bits per heavy atom. The molecule has 0 atom stereocenters. The van der Waals surface area contributed by atoms with Gasteiger partial charge in [-0.05, 0) is 25.5 Å². The van der Waals surface area contributed by atoms with E-state index in [2.05, 4.69) is 60.8 Å². The van der Waals surface area contributed by atoms with Gasteiger partial charge in [-0.3, -0.25) is 0 Å². The van der Waals surface area contributed by atoms with Crippen LogP contribution in [-0.4, -0.2) is 4.40 Å². The molecule has 1 nitrogen and oxygen atoms in total. The lowest BCUT2D eigenvalue weighted by Crippen LogP contribution is -1.86. The highest BCUT2D eigenvalue weighted by molar-refractivity contribution is 5.99. The third kappa shape index (κ3) is 1.09. The lowest BCUT2D eigenvalue weighted by atomic mass is 10.2. The number of hydrogen-bond acceptors (Lipinski definition) is 0. The van der Waals surface area contributed by atoms with Crippen molar-refractivity contribution < 1.29 is 0 Å². The SMILES string of the molecule is Cc1ccc2c3ccccc3c(C)n2c1. The minimum atomic E-state index is 1.30. The number of pyridine rings is 1. The first kappa shape index (κ1) is 8.54. The van der Waals surface area contributed by atoms with E-state index >= 15 is 0 Å². The average Bonchev–Trinajstić information content (AvgIpc) is 2.54. The van der Waals surface area contributed by atoms with Crippen LogP contribution in [0.1, 0.15) is 11.3 Å². The maximum Gasteiger partial charge on any atom is 0.0531 e. The molecule has 0 radical (unpaired) electrons. The Balaban J connectivity index is 2.63. The Morgan fingerprint density at radius 1 is 0.867 bits per heavy atom. The van der Waals surface area contributed by atoms with Gasteiger partial charge in [-0.2, -0.15) is 0 Å². The van der Waals surface area contributed by atoms with Crippen LogP contribution in [0.5, 0.6) is 0 Å². The average molecular weight is 195 g/mol. The van der Waals surface area contributed by atoms with Crippen LogP contribution in [0.3, 0.4) is 0 Å². The molecular weight excluding hydrogens is 182 g/mol. The van der Waals surface area contributed by atoms with E-state index in [0.717, 1.165) is 0 Å². The van der Waals surface area contributed by atoms with Gasteiger partial charge >= 0.3 is 0 Å². The third-order valence-corrected chi connectivity index (χ3v) is 3.05. The van der Waals surface area contributed by atoms with Crippen LogP contribution < -0.4 is 0 Å². The number of fused-ring (bicyclic) bond motifs is 3. The Morgan fingerprint density at radius 3 is 2.40 bits per heavy atom. The number of aryl methyl sites for hydroxylation is 2. The van der Waals surface area contributed by atoms with E-state index < -0.39 is 0 Å². The molecule has 3 rings (SSSR count). The molecule has 2 aromatic heterocycles. The summed E-state index contributed by atoms with van der Waals surface area (Å²) in [6.07, 6.45) is 2.20. The summed E-state index contributed by atoms with van der Waals surface area (Å²) in [4.78, 5) is 0. The van der Waals surface area contributed by atoms with E-state index in [1.54, 1.807) is 0 Å². The van der Waals surface area contributed by atoms with Crippen LogP contribution in [0.25, 0.3) is 16.3 Å². The van der Waals surface area contributed by atoms with Crippen LogP contribution in [0.4, 0.5) is 0 Å². The van der Waals surface area contributed by atoms with Gasteiger partial charge in [0.25, 0.3) is 0 Å². The van der Waals surface area contributed by atoms with Crippen molar-refractivity contribution in [3.8, 4) is 0 Å². The number of benzene rings is 1. The predicted octanol–water partition coefficient (Wildman–Crippen LogP) is 3.71. The number of nitrogens with zero attached hydrogens (tertiary/aromatic N) is 1. The zero-order chi connectivity index (χ0) is 10.4. The standard InChI is InChI=1S/C14H13N/c1-10-7-8-14-13-6-4-3-5-12(13)11(2)15(14)9-10/h3-9H,1-2H3. The molecule has 1 aromatic carbocycles. The summed E-state index contributed by atoms with van der Waals surface area (Å²) < 4.78 is 2.28. The minimum Gasteiger partial charge on any atom is -0.320 e. The maximum atomic E-state index is 2.28. The van der Waals surface area contributed by atoms with Crippen molar-refractivity contribution in [2.24, 2.45) is 0 Å². The zero-order valence-electron chi connectivity index (χ0n) is 8.99. The molecule has 0 saturated carbocycles. The molecule has 0 amide bonds. The van der Waals surface area contributed by atoms with Gasteiger partial charge in [-0.15, -0.1) is 0 Å². The molecule has 0 spiro atoms. The smallest absolute Gasteiger partial charge is 0.0531 e. The summed E-state index contributed by atoms with van der Waals surface area (Å²) in [6, 6.07) is 12.9. The van der Waals surface area contributed by atoms with Crippen molar-refractivity contribution in [2.75, 3.05) is 0 Å². The van der Waals surface area contributed by atoms with Gasteiger partial charge < -0.3 is 4.40 Å². The lowest BCUT2D eigenvalue weighted by Gasteiger charge is -1.98. The molecule has 2 heterocycles. The Kier molecular flexibility index (Phi) is 1.63. The summed E-state index contributed by atoms with van der Waals surface area (Å²) in [5.41, 5.74) is 3.92. The molecule has 0 bridgehead atoms. The van der Waals surface area contributed by atoms with Crippen molar-refractivity contribution in [1.82, 2.24) is 4.40 Å². The van der Waals surface area contributed by atoms with Gasteiger partial charge in [0.1, 0.15) is 0 Å². The van der Waals surface area contributed by atoms with Gasteiger partial charge in [-0.25, -0.2) is 0 Å². The van der Waals surface area contributed by atoms with Crippen LogP contribution in [-0.2, 0) is 0 Å². The highest BCUT2D eigenvalue weighted by atomic mass is 14.9. The van der Waals surface area contributed by atoms with Crippen molar-refractivity contribution in [3.05, 3.63) is 53.9 Å². The third-order valence-electron chi connectivity index (χ3n) is 3.05. The van der Waals surface area contributed by atoms with Gasteiger partial charge in [0.15, 0.2) is 0 Å². The molecule has 0 aliphatic carbocycles. The summed E-state index contributed by atoms with van der Waals surface area (Å²) in [7, 11) is 0. The normalized spacial score (nSPS) is 11.3. The monoisotopic (exact) mass is 195 g/mol. The molecule has 0 unspecified atom stereocenters. The zero-order valence-corrected chi connectivity index (χ0v) is 8.99. The van der Waals surface area contributed by atoms with Crippen LogP contribution in [0, 0.1) is 13.8 Å². The molecule has 0 aliphatic heterocycles. The van der Waals surface area contributed by atoms with E-state index in [-0.39, 0.29) is 0 Å². The molecule has 15 heavy (non-hydrogen) atoms. The quantitative estimate of drug-likeness (QED) is 0.515. The number of hydrogen-bond donors (Lipinski definition) is 0. The Labute approximate surface area is 89.0 Å². The van der Waals surface area contributed by atoms with Crippen molar-refractivity contribution in [2.45, 2.75) is 13.8 Å². The van der Waals surface area contributed by atoms with E-state index in [4.69, 9.17) is 0 Å². The first-order valence-electron chi connectivity index (χ1n) is 5.23. The van der Waals surface area contributed by atoms with E-state index in [1.165, 1.54) is 27.5 Å². The molecule has 3 aromatic rings. The first-order valence-corrected chi connectivity index (χ1v) is 5.23. The van der Waals surface area contributed by atoms with Crippen LogP contribution in [0.15, 0.2) is 42.6 Å². The van der Waals surface area contributed by atoms with Gasteiger partial charge in [0.05, 0.1) is 5.52 Å². The fraction of sp³-hybridized carbons (Fsp3) is 0.143. The largest absolute Gasteiger partial charge is 0.320 e. The molecule has 0 fully saturated rings. The highest BCUT2D eigenvalue weighted by Crippen LogP contribution is 2.26. The summed E-state index contributed by atoms with van der Waals surface area (Å²) in [6.45, 7) is 4.30. The van der Waals surface area contributed by atoms with Crippen molar-refractivity contribution in [3.63, 3.8) is 0 Å².